The van der Waals surface area contributed by atoms with Crippen LogP contribution in [0.3, 0.4) is 0 Å². The molecular weight excluding hydrogens is 460 g/mol. The highest BCUT2D eigenvalue weighted by Gasteiger charge is 2.27. The molecule has 2 aromatic heterocycles. The summed E-state index contributed by atoms with van der Waals surface area (Å²) in [6.07, 6.45) is 1.96. The molecule has 0 bridgehead atoms. The van der Waals surface area contributed by atoms with Gasteiger partial charge in [0.05, 0.1) is 25.2 Å². The molecule has 0 fully saturated rings. The van der Waals surface area contributed by atoms with Gasteiger partial charge in [0.25, 0.3) is 5.91 Å². The molecule has 2 N–H and O–H groups in total. The highest BCUT2D eigenvalue weighted by molar-refractivity contribution is 6.06. The fourth-order valence-corrected chi connectivity index (χ4v) is 4.94. The number of carbonyl (C=O) groups excluding carboxylic acids is 2. The third-order valence-corrected chi connectivity index (χ3v) is 6.81. The zero-order chi connectivity index (χ0) is 25.4. The van der Waals surface area contributed by atoms with Gasteiger partial charge in [-0.1, -0.05) is 6.07 Å². The van der Waals surface area contributed by atoms with Crippen molar-refractivity contribution in [3.05, 3.63) is 52.8 Å². The number of amides is 2. The molecule has 2 aliphatic rings. The maximum atomic E-state index is 13.3. The summed E-state index contributed by atoms with van der Waals surface area (Å²) in [4.78, 5) is 32.1. The summed E-state index contributed by atoms with van der Waals surface area (Å²) in [7, 11) is 1.53. The van der Waals surface area contributed by atoms with E-state index < -0.39 is 6.10 Å². The van der Waals surface area contributed by atoms with Crippen molar-refractivity contribution in [1.82, 2.24) is 24.6 Å². The van der Waals surface area contributed by atoms with Crippen molar-refractivity contribution in [2.45, 2.75) is 58.2 Å². The summed E-state index contributed by atoms with van der Waals surface area (Å²) in [6, 6.07) is 9.36. The number of nitrogens with zero attached hydrogens (tertiary/aromatic N) is 5. The van der Waals surface area contributed by atoms with Crippen LogP contribution in [0.4, 0.5) is 5.82 Å². The number of pyridine rings is 1. The number of fused-ring (bicyclic) bond motifs is 2. The summed E-state index contributed by atoms with van der Waals surface area (Å²) in [6.45, 7) is 4.68. The normalized spacial score (nSPS) is 17.3. The fourth-order valence-electron chi connectivity index (χ4n) is 4.94. The van der Waals surface area contributed by atoms with Crippen molar-refractivity contribution in [2.24, 2.45) is 0 Å². The second-order valence-corrected chi connectivity index (χ2v) is 9.50. The fraction of sp³-hybridized carbons (Fsp3) is 0.423. The van der Waals surface area contributed by atoms with E-state index in [0.717, 1.165) is 29.8 Å². The van der Waals surface area contributed by atoms with Gasteiger partial charge in [-0.05, 0) is 62.1 Å². The number of methoxy groups -OCH3 is 1. The number of hydrogen-bond acceptors (Lipinski definition) is 7. The van der Waals surface area contributed by atoms with Crippen LogP contribution < -0.4 is 10.1 Å². The third kappa shape index (κ3) is 4.56. The van der Waals surface area contributed by atoms with Crippen molar-refractivity contribution in [3.8, 4) is 17.3 Å². The molecule has 0 spiro atoms. The van der Waals surface area contributed by atoms with Gasteiger partial charge in [-0.2, -0.15) is 0 Å². The zero-order valence-electron chi connectivity index (χ0n) is 20.7. The van der Waals surface area contributed by atoms with E-state index in [1.165, 1.54) is 7.11 Å². The van der Waals surface area contributed by atoms with Crippen LogP contribution in [0.1, 0.15) is 60.0 Å². The van der Waals surface area contributed by atoms with E-state index in [1.54, 1.807) is 24.0 Å². The van der Waals surface area contributed by atoms with Crippen LogP contribution in [-0.2, 0) is 24.2 Å². The molecule has 188 valence electrons. The number of rotatable bonds is 6. The predicted molar refractivity (Wildman–Crippen MR) is 133 cm³/mol. The van der Waals surface area contributed by atoms with Crippen LogP contribution in [0.25, 0.3) is 11.5 Å². The summed E-state index contributed by atoms with van der Waals surface area (Å²) in [5.41, 5.74) is 2.94. The van der Waals surface area contributed by atoms with Crippen LogP contribution in [0.2, 0.25) is 0 Å². The molecule has 2 aliphatic heterocycles. The highest BCUT2D eigenvalue weighted by atomic mass is 16.5. The Kier molecular flexibility index (Phi) is 6.44. The molecule has 2 atom stereocenters. The topological polar surface area (TPSA) is 122 Å². The first kappa shape index (κ1) is 23.9. The number of aliphatic hydroxyl groups is 1. The second-order valence-electron chi connectivity index (χ2n) is 9.50. The Hall–Kier alpha value is -3.79. The molecule has 1 aromatic carbocycles. The van der Waals surface area contributed by atoms with Crippen molar-refractivity contribution in [2.75, 3.05) is 19.0 Å². The van der Waals surface area contributed by atoms with E-state index in [2.05, 4.69) is 32.0 Å². The molecule has 10 heteroatoms. The zero-order valence-corrected chi connectivity index (χ0v) is 20.7. The van der Waals surface area contributed by atoms with E-state index in [9.17, 15) is 14.7 Å². The molecule has 0 saturated heterocycles. The van der Waals surface area contributed by atoms with Crippen LogP contribution in [0.5, 0.6) is 5.75 Å². The Morgan fingerprint density at radius 2 is 2.06 bits per heavy atom. The number of hydrogen-bond donors (Lipinski definition) is 2. The molecule has 0 aliphatic carbocycles. The SMILES string of the molecule is COc1cc2c(cc1C(=O)Nc1cccc(-c3nnc4n3[C@H](C)CC4)n1)CN(C(=O)C[C@H](C)O)CC2. The monoisotopic (exact) mass is 490 g/mol. The lowest BCUT2D eigenvalue weighted by Gasteiger charge is -2.30. The Balaban J connectivity index is 1.38. The lowest BCUT2D eigenvalue weighted by molar-refractivity contribution is -0.133. The van der Waals surface area contributed by atoms with E-state index in [1.807, 2.05) is 18.2 Å². The summed E-state index contributed by atoms with van der Waals surface area (Å²) < 4.78 is 7.63. The molecule has 0 unspecified atom stereocenters. The first-order valence-electron chi connectivity index (χ1n) is 12.2. The van der Waals surface area contributed by atoms with Crippen LogP contribution >= 0.6 is 0 Å². The maximum absolute atomic E-state index is 13.3. The molecule has 2 amide bonds. The van der Waals surface area contributed by atoms with Crippen LogP contribution in [-0.4, -0.2) is 61.3 Å². The molecular formula is C26H30N6O4. The number of anilines is 1. The molecule has 3 aromatic rings. The van der Waals surface area contributed by atoms with E-state index >= 15 is 0 Å². The molecule has 0 saturated carbocycles. The van der Waals surface area contributed by atoms with Crippen LogP contribution in [0.15, 0.2) is 30.3 Å². The third-order valence-electron chi connectivity index (χ3n) is 6.81. The second kappa shape index (κ2) is 9.69. The molecule has 10 nitrogen and oxygen atoms in total. The smallest absolute Gasteiger partial charge is 0.260 e. The summed E-state index contributed by atoms with van der Waals surface area (Å²) in [5.74, 6) is 2.05. The lowest BCUT2D eigenvalue weighted by atomic mass is 9.95. The number of carbonyl (C=O) groups is 2. The molecule has 36 heavy (non-hydrogen) atoms. The number of aliphatic hydroxyl groups excluding tert-OH is 1. The van der Waals surface area contributed by atoms with Gasteiger partial charge in [-0.15, -0.1) is 10.2 Å². The molecule has 4 heterocycles. The number of nitrogens with one attached hydrogen (secondary N) is 1. The van der Waals surface area contributed by atoms with E-state index in [4.69, 9.17) is 4.74 Å². The van der Waals surface area contributed by atoms with Gasteiger partial charge in [0.15, 0.2) is 5.82 Å². The first-order valence-corrected chi connectivity index (χ1v) is 12.2. The Morgan fingerprint density at radius 3 is 2.83 bits per heavy atom. The van der Waals surface area contributed by atoms with Crippen LogP contribution in [0, 0.1) is 0 Å². The van der Waals surface area contributed by atoms with Crippen molar-refractivity contribution < 1.29 is 19.4 Å². The standard InChI is InChI=1S/C26H30N6O4/c1-15-7-8-23-29-30-25(32(15)23)20-5-4-6-22(27-20)28-26(35)19-12-18-14-31(24(34)11-16(2)33)10-9-17(18)13-21(19)36-3/h4-6,12-13,15-16,33H,7-11,14H2,1-3H3,(H,27,28,35)/t15-,16+/m1/s1. The van der Waals surface area contributed by atoms with Crippen molar-refractivity contribution >= 4 is 17.6 Å². The van der Waals surface area contributed by atoms with Gasteiger partial charge < -0.3 is 24.6 Å². The average molecular weight is 491 g/mol. The lowest BCUT2D eigenvalue weighted by Crippen LogP contribution is -2.37. The Morgan fingerprint density at radius 1 is 1.22 bits per heavy atom. The average Bonchev–Trinajstić information content (AvgIpc) is 3.45. The maximum Gasteiger partial charge on any atom is 0.260 e. The van der Waals surface area contributed by atoms with E-state index in [0.29, 0.717) is 54.2 Å². The number of ether oxygens (including phenoxy) is 1. The largest absolute Gasteiger partial charge is 0.496 e. The number of aromatic nitrogens is 4. The minimum absolute atomic E-state index is 0.0782. The van der Waals surface area contributed by atoms with Gasteiger partial charge in [0, 0.05) is 25.6 Å². The van der Waals surface area contributed by atoms with Gasteiger partial charge in [0.2, 0.25) is 5.91 Å². The van der Waals surface area contributed by atoms with Crippen molar-refractivity contribution in [1.29, 1.82) is 0 Å². The minimum atomic E-state index is -0.693. The Labute approximate surface area is 209 Å². The first-order chi connectivity index (χ1) is 17.3. The predicted octanol–water partition coefficient (Wildman–Crippen LogP) is 2.76. The van der Waals surface area contributed by atoms with Gasteiger partial charge in [-0.25, -0.2) is 4.98 Å². The Bertz CT molecular complexity index is 1320. The summed E-state index contributed by atoms with van der Waals surface area (Å²) in [5, 5.41) is 21.1. The van der Waals surface area contributed by atoms with Gasteiger partial charge >= 0.3 is 0 Å². The van der Waals surface area contributed by atoms with Crippen molar-refractivity contribution in [3.63, 3.8) is 0 Å². The van der Waals surface area contributed by atoms with Gasteiger partial charge in [0.1, 0.15) is 23.1 Å². The number of aryl methyl sites for hydroxylation is 1. The van der Waals surface area contributed by atoms with E-state index in [-0.39, 0.29) is 18.2 Å². The number of benzene rings is 1. The highest BCUT2D eigenvalue weighted by Crippen LogP contribution is 2.31. The van der Waals surface area contributed by atoms with Gasteiger partial charge in [-0.3, -0.25) is 9.59 Å². The minimum Gasteiger partial charge on any atom is -0.496 e. The molecule has 0 radical (unpaired) electrons. The summed E-state index contributed by atoms with van der Waals surface area (Å²) >= 11 is 0. The quantitative estimate of drug-likeness (QED) is 0.545. The molecule has 5 rings (SSSR count).